The van der Waals surface area contributed by atoms with Crippen molar-refractivity contribution in [2.75, 3.05) is 0 Å². The van der Waals surface area contributed by atoms with Crippen molar-refractivity contribution in [3.63, 3.8) is 0 Å². The second kappa shape index (κ2) is 6.91. The molecule has 20 heavy (non-hydrogen) atoms. The molecule has 0 heterocycles. The highest BCUT2D eigenvalue weighted by Crippen LogP contribution is 2.06. The lowest BCUT2D eigenvalue weighted by Crippen LogP contribution is -2.44. The number of hydrogen-bond acceptors (Lipinski definition) is 4. The highest BCUT2D eigenvalue weighted by atomic mass is 16.6. The van der Waals surface area contributed by atoms with Crippen molar-refractivity contribution in [2.45, 2.75) is 39.4 Å². The molecule has 0 spiro atoms. The molecule has 6 nitrogen and oxygen atoms in total. The van der Waals surface area contributed by atoms with Crippen LogP contribution in [-0.4, -0.2) is 22.7 Å². The van der Waals surface area contributed by atoms with Crippen molar-refractivity contribution in [1.29, 1.82) is 0 Å². The van der Waals surface area contributed by atoms with Crippen molar-refractivity contribution < 1.29 is 19.4 Å². The molecule has 6 heteroatoms. The maximum Gasteiger partial charge on any atom is 0.426 e. The van der Waals surface area contributed by atoms with Crippen LogP contribution in [0.25, 0.3) is 0 Å². The summed E-state index contributed by atoms with van der Waals surface area (Å²) in [6.45, 7) is 5.16. The third-order valence-corrected chi connectivity index (χ3v) is 2.27. The Hall–Kier alpha value is -2.08. The fourth-order valence-corrected chi connectivity index (χ4v) is 1.42. The molecule has 0 saturated heterocycles. The first-order chi connectivity index (χ1) is 9.30. The highest BCUT2D eigenvalue weighted by Gasteiger charge is 2.16. The largest absolute Gasteiger partial charge is 0.443 e. The van der Waals surface area contributed by atoms with E-state index in [0.29, 0.717) is 0 Å². The van der Waals surface area contributed by atoms with Crippen LogP contribution in [0.15, 0.2) is 24.3 Å². The van der Waals surface area contributed by atoms with Gasteiger partial charge < -0.3 is 9.84 Å². The topological polar surface area (TPSA) is 87.7 Å². The van der Waals surface area contributed by atoms with Gasteiger partial charge in [-0.05, 0) is 31.9 Å². The first-order valence-electron chi connectivity index (χ1n) is 6.26. The van der Waals surface area contributed by atoms with Crippen molar-refractivity contribution in [1.82, 2.24) is 10.9 Å². The first kappa shape index (κ1) is 16.0. The van der Waals surface area contributed by atoms with Crippen LogP contribution < -0.4 is 10.9 Å². The molecule has 2 amide bonds. The Morgan fingerprint density at radius 1 is 1.10 bits per heavy atom. The summed E-state index contributed by atoms with van der Waals surface area (Å²) in [4.78, 5) is 22.9. The molecule has 0 atom stereocenters. The SMILES string of the molecule is CC(C)(C)OC(=O)NNC(=O)Cc1ccc(CO)cc1. The summed E-state index contributed by atoms with van der Waals surface area (Å²) in [5.41, 5.74) is 5.40. The smallest absolute Gasteiger partial charge is 0.426 e. The summed E-state index contributed by atoms with van der Waals surface area (Å²) in [5.74, 6) is -0.354. The standard InChI is InChI=1S/C14H20N2O4/c1-14(2,3)20-13(19)16-15-12(18)8-10-4-6-11(9-17)7-5-10/h4-7,17H,8-9H2,1-3H3,(H,15,18)(H,16,19). The minimum absolute atomic E-state index is 0.0350. The van der Waals surface area contributed by atoms with E-state index in [4.69, 9.17) is 9.84 Å². The van der Waals surface area contributed by atoms with Gasteiger partial charge in [0.2, 0.25) is 5.91 Å². The lowest BCUT2D eigenvalue weighted by molar-refractivity contribution is -0.121. The Morgan fingerprint density at radius 3 is 2.15 bits per heavy atom. The quantitative estimate of drug-likeness (QED) is 0.728. The third kappa shape index (κ3) is 6.19. The van der Waals surface area contributed by atoms with Crippen LogP contribution in [0, 0.1) is 0 Å². The predicted octanol–water partition coefficient (Wildman–Crippen LogP) is 1.28. The molecule has 0 aliphatic heterocycles. The molecule has 0 saturated carbocycles. The molecule has 0 aliphatic carbocycles. The Bertz CT molecular complexity index is 463. The highest BCUT2D eigenvalue weighted by molar-refractivity contribution is 5.81. The molecule has 0 bridgehead atoms. The van der Waals surface area contributed by atoms with Gasteiger partial charge in [0.05, 0.1) is 13.0 Å². The van der Waals surface area contributed by atoms with E-state index < -0.39 is 11.7 Å². The van der Waals surface area contributed by atoms with Gasteiger partial charge in [0.25, 0.3) is 0 Å². The molecule has 1 rings (SSSR count). The van der Waals surface area contributed by atoms with Crippen LogP contribution in [0.1, 0.15) is 31.9 Å². The van der Waals surface area contributed by atoms with E-state index in [2.05, 4.69) is 10.9 Å². The zero-order chi connectivity index (χ0) is 15.2. The van der Waals surface area contributed by atoms with Gasteiger partial charge in [-0.15, -0.1) is 0 Å². The van der Waals surface area contributed by atoms with Crippen molar-refractivity contribution in [2.24, 2.45) is 0 Å². The number of aliphatic hydroxyl groups is 1. The van der Waals surface area contributed by atoms with Crippen molar-refractivity contribution in [3.05, 3.63) is 35.4 Å². The van der Waals surface area contributed by atoms with Crippen LogP contribution in [-0.2, 0) is 22.6 Å². The molecule has 0 radical (unpaired) electrons. The van der Waals surface area contributed by atoms with Crippen molar-refractivity contribution >= 4 is 12.0 Å². The number of carbonyl (C=O) groups excluding carboxylic acids is 2. The van der Waals surface area contributed by atoms with Gasteiger partial charge in [0.1, 0.15) is 5.60 Å². The molecular weight excluding hydrogens is 260 g/mol. The molecule has 0 aromatic heterocycles. The minimum atomic E-state index is -0.707. The zero-order valence-corrected chi connectivity index (χ0v) is 11.9. The van der Waals surface area contributed by atoms with Gasteiger partial charge >= 0.3 is 6.09 Å². The molecule has 0 fully saturated rings. The Balaban J connectivity index is 2.38. The number of hydrogen-bond donors (Lipinski definition) is 3. The second-order valence-electron chi connectivity index (χ2n) is 5.33. The number of aliphatic hydroxyl groups excluding tert-OH is 1. The second-order valence-corrected chi connectivity index (χ2v) is 5.33. The van der Waals surface area contributed by atoms with Crippen molar-refractivity contribution in [3.8, 4) is 0 Å². The summed E-state index contributed by atoms with van der Waals surface area (Å²) < 4.78 is 4.98. The summed E-state index contributed by atoms with van der Waals surface area (Å²) in [7, 11) is 0. The molecule has 0 unspecified atom stereocenters. The normalized spacial score (nSPS) is 10.8. The minimum Gasteiger partial charge on any atom is -0.443 e. The number of ether oxygens (including phenoxy) is 1. The molecule has 1 aromatic carbocycles. The maximum atomic E-state index is 11.6. The lowest BCUT2D eigenvalue weighted by atomic mass is 10.1. The fraction of sp³-hybridized carbons (Fsp3) is 0.429. The van der Waals surface area contributed by atoms with E-state index in [9.17, 15) is 9.59 Å². The van der Waals surface area contributed by atoms with Gasteiger partial charge in [-0.2, -0.15) is 0 Å². The van der Waals surface area contributed by atoms with Crippen LogP contribution >= 0.6 is 0 Å². The summed E-state index contributed by atoms with van der Waals surface area (Å²) >= 11 is 0. The van der Waals surface area contributed by atoms with E-state index in [1.54, 1.807) is 45.0 Å². The van der Waals surface area contributed by atoms with Gasteiger partial charge in [-0.3, -0.25) is 10.2 Å². The van der Waals surface area contributed by atoms with Crippen LogP contribution in [0.2, 0.25) is 0 Å². The summed E-state index contributed by atoms with van der Waals surface area (Å²) in [5, 5.41) is 8.91. The van der Waals surface area contributed by atoms with Crippen LogP contribution in [0.5, 0.6) is 0 Å². The maximum absolute atomic E-state index is 11.6. The average molecular weight is 280 g/mol. The summed E-state index contributed by atoms with van der Waals surface area (Å²) in [6.07, 6.45) is -0.580. The van der Waals surface area contributed by atoms with Crippen LogP contribution in [0.4, 0.5) is 4.79 Å². The fourth-order valence-electron chi connectivity index (χ4n) is 1.42. The number of amides is 2. The van der Waals surface area contributed by atoms with E-state index in [1.807, 2.05) is 0 Å². The first-order valence-corrected chi connectivity index (χ1v) is 6.26. The van der Waals surface area contributed by atoms with Gasteiger partial charge in [-0.25, -0.2) is 10.2 Å². The molecule has 3 N–H and O–H groups in total. The number of rotatable bonds is 3. The Morgan fingerprint density at radius 2 is 1.65 bits per heavy atom. The van der Waals surface area contributed by atoms with E-state index in [-0.39, 0.29) is 18.9 Å². The van der Waals surface area contributed by atoms with E-state index in [0.717, 1.165) is 11.1 Å². The Kier molecular flexibility index (Phi) is 5.52. The number of nitrogens with one attached hydrogen (secondary N) is 2. The Labute approximate surface area is 118 Å². The molecule has 0 aliphatic rings. The predicted molar refractivity (Wildman–Crippen MR) is 73.6 cm³/mol. The van der Waals surface area contributed by atoms with E-state index >= 15 is 0 Å². The number of hydrazine groups is 1. The molecular formula is C14H20N2O4. The zero-order valence-electron chi connectivity index (χ0n) is 11.9. The van der Waals surface area contributed by atoms with Gasteiger partial charge in [0.15, 0.2) is 0 Å². The third-order valence-electron chi connectivity index (χ3n) is 2.27. The van der Waals surface area contributed by atoms with Gasteiger partial charge in [0, 0.05) is 0 Å². The average Bonchev–Trinajstić information content (AvgIpc) is 2.35. The molecule has 1 aromatic rings. The molecule has 110 valence electrons. The number of benzene rings is 1. The summed E-state index contributed by atoms with van der Waals surface area (Å²) in [6, 6.07) is 6.98. The van der Waals surface area contributed by atoms with E-state index in [1.165, 1.54) is 0 Å². The van der Waals surface area contributed by atoms with Gasteiger partial charge in [-0.1, -0.05) is 24.3 Å². The monoisotopic (exact) mass is 280 g/mol. The number of carbonyl (C=O) groups is 2. The lowest BCUT2D eigenvalue weighted by Gasteiger charge is -2.19. The van der Waals surface area contributed by atoms with Crippen LogP contribution in [0.3, 0.4) is 0 Å².